The molecule has 1 saturated carbocycles. The number of allylic oxidation sites excluding steroid dienone is 3. The molecule has 2 aliphatic heterocycles. The molecule has 16 nitrogen and oxygen atoms in total. The zero-order chi connectivity index (χ0) is 37.5. The second-order valence-corrected chi connectivity index (χ2v) is 12.0. The van der Waals surface area contributed by atoms with E-state index in [1.807, 2.05) is 24.3 Å². The van der Waals surface area contributed by atoms with Crippen LogP contribution in [-0.4, -0.2) is 41.4 Å². The third kappa shape index (κ3) is 8.97. The summed E-state index contributed by atoms with van der Waals surface area (Å²) >= 11 is 0. The highest BCUT2D eigenvalue weighted by atomic mass is 16.6. The van der Waals surface area contributed by atoms with E-state index in [1.54, 1.807) is 36.4 Å². The summed E-state index contributed by atoms with van der Waals surface area (Å²) < 4.78 is 13.9. The van der Waals surface area contributed by atoms with Crippen LogP contribution in [0.25, 0.3) is 0 Å². The zero-order valence-electron chi connectivity index (χ0n) is 27.3. The van der Waals surface area contributed by atoms with E-state index in [9.17, 15) is 33.6 Å². The third-order valence-corrected chi connectivity index (χ3v) is 8.33. The minimum absolute atomic E-state index is 0.0138. The maximum absolute atomic E-state index is 11.7. The molecule has 0 radical (unpaired) electrons. The fourth-order valence-corrected chi connectivity index (χ4v) is 5.78. The van der Waals surface area contributed by atoms with E-state index in [2.05, 4.69) is 19.7 Å². The molecule has 52 heavy (non-hydrogen) atoms. The minimum Gasteiger partial charge on any atom is -0.422 e. The van der Waals surface area contributed by atoms with Crippen molar-refractivity contribution >= 4 is 75.5 Å². The maximum Gasteiger partial charge on any atom is 0.317 e. The second-order valence-electron chi connectivity index (χ2n) is 12.0. The van der Waals surface area contributed by atoms with Crippen molar-refractivity contribution in [1.29, 1.82) is 0 Å². The van der Waals surface area contributed by atoms with E-state index in [-0.39, 0.29) is 18.6 Å². The van der Waals surface area contributed by atoms with Gasteiger partial charge in [-0.25, -0.2) is 0 Å². The lowest BCUT2D eigenvalue weighted by atomic mass is 9.83. The van der Waals surface area contributed by atoms with E-state index in [0.29, 0.717) is 34.7 Å². The van der Waals surface area contributed by atoms with Crippen LogP contribution in [0, 0.1) is 23.7 Å². The fraction of sp³-hybridized carbons (Fsp3) is 0.194. The molecule has 0 amide bonds. The van der Waals surface area contributed by atoms with Gasteiger partial charge in [-0.1, -0.05) is 6.07 Å². The van der Waals surface area contributed by atoms with Crippen molar-refractivity contribution in [1.82, 2.24) is 0 Å². The molecule has 4 aliphatic rings. The number of nitrogen functional groups attached to an aromatic ring is 4. The Morgan fingerprint density at radius 1 is 0.712 bits per heavy atom. The number of carbonyl (C=O) groups excluding carboxylic acids is 7. The number of esters is 5. The van der Waals surface area contributed by atoms with Gasteiger partial charge in [0.2, 0.25) is 5.78 Å². The van der Waals surface area contributed by atoms with Crippen LogP contribution in [0.1, 0.15) is 18.4 Å². The number of azo groups is 1. The Hall–Kier alpha value is -6.97. The number of nitrogens with zero attached hydrogens (tertiary/aromatic N) is 2. The molecule has 3 fully saturated rings. The van der Waals surface area contributed by atoms with Crippen molar-refractivity contribution in [2.24, 2.45) is 33.9 Å². The molecule has 16 heteroatoms. The number of rotatable bonds is 5. The molecule has 2 heterocycles. The van der Waals surface area contributed by atoms with Gasteiger partial charge in [-0.3, -0.25) is 33.6 Å². The number of carbonyl (C=O) groups is 7. The summed E-state index contributed by atoms with van der Waals surface area (Å²) in [6.07, 6.45) is 3.34. The Morgan fingerprint density at radius 2 is 1.29 bits per heavy atom. The van der Waals surface area contributed by atoms with Gasteiger partial charge in [0.1, 0.15) is 0 Å². The predicted molar refractivity (Wildman–Crippen MR) is 184 cm³/mol. The molecule has 0 aromatic heterocycles. The van der Waals surface area contributed by atoms with Gasteiger partial charge in [-0.15, -0.1) is 0 Å². The normalized spacial score (nSPS) is 21.5. The molecule has 3 aromatic carbocycles. The maximum atomic E-state index is 11.7. The Kier molecular flexibility index (Phi) is 11.0. The summed E-state index contributed by atoms with van der Waals surface area (Å²) in [5.74, 6) is -6.71. The Balaban J connectivity index is 0.000000152. The van der Waals surface area contributed by atoms with Gasteiger partial charge in [0.05, 0.1) is 42.0 Å². The van der Waals surface area contributed by atoms with Crippen LogP contribution in [0.3, 0.4) is 0 Å². The van der Waals surface area contributed by atoms with Crippen molar-refractivity contribution in [3.8, 4) is 0 Å². The van der Waals surface area contributed by atoms with Gasteiger partial charge < -0.3 is 37.1 Å². The highest BCUT2D eigenvalue weighted by Crippen LogP contribution is 2.49. The van der Waals surface area contributed by atoms with Crippen molar-refractivity contribution in [2.75, 3.05) is 22.9 Å². The molecule has 2 saturated heterocycles. The minimum atomic E-state index is -0.694. The zero-order valence-corrected chi connectivity index (χ0v) is 27.3. The van der Waals surface area contributed by atoms with E-state index in [4.69, 9.17) is 27.7 Å². The molecule has 2 aliphatic carbocycles. The summed E-state index contributed by atoms with van der Waals surface area (Å²) in [5, 5.41) is 8.15. The Labute approximate surface area is 295 Å². The largest absolute Gasteiger partial charge is 0.422 e. The van der Waals surface area contributed by atoms with Crippen molar-refractivity contribution in [2.45, 2.75) is 19.3 Å². The molecule has 4 unspecified atom stereocenters. The molecule has 266 valence electrons. The first-order valence-electron chi connectivity index (χ1n) is 15.7. The smallest absolute Gasteiger partial charge is 0.317 e. The van der Waals surface area contributed by atoms with E-state index < -0.39 is 65.1 Å². The molecule has 7 rings (SSSR count). The number of anilines is 4. The van der Waals surface area contributed by atoms with Crippen LogP contribution < -0.4 is 22.9 Å². The average Bonchev–Trinajstić information content (AvgIpc) is 3.44. The summed E-state index contributed by atoms with van der Waals surface area (Å²) in [4.78, 5) is 79.7. The molecule has 4 atom stereocenters. The standard InChI is InChI=1S/C14H12N2O4.C12H12N4.C10H8O6/c15-9-2-1-8(11(16)6-9)5-14(19)20-13-7-10(17)3-4-12(13)18;13-9-1-5-11(6-2-9)15-16-12-7-3-10(14)4-8-12;11-6-2-3-4-1-5(7(3)10(14)15-6)9(13)16-8(4)12/h1-4,6-7H,5,15-16H2;1-8H,13-14H2;3-5,7H,1-2H2. The number of fused-ring (bicyclic) bond motifs is 5. The summed E-state index contributed by atoms with van der Waals surface area (Å²) in [7, 11) is 0. The lowest BCUT2D eigenvalue weighted by Crippen LogP contribution is -2.37. The molecule has 0 spiro atoms. The first-order valence-corrected chi connectivity index (χ1v) is 15.7. The average molecular weight is 709 g/mol. The molecule has 2 bridgehead atoms. The van der Waals surface area contributed by atoms with E-state index in [0.717, 1.165) is 29.6 Å². The Morgan fingerprint density at radius 3 is 1.88 bits per heavy atom. The monoisotopic (exact) mass is 708 g/mol. The van der Waals surface area contributed by atoms with E-state index in [1.165, 1.54) is 6.07 Å². The highest BCUT2D eigenvalue weighted by molar-refractivity contribution is 6.17. The lowest BCUT2D eigenvalue weighted by molar-refractivity contribution is -0.174. The number of hydrogen-bond acceptors (Lipinski definition) is 16. The number of cyclic esters (lactones) is 4. The van der Waals surface area contributed by atoms with Gasteiger partial charge >= 0.3 is 29.8 Å². The van der Waals surface area contributed by atoms with Crippen molar-refractivity contribution in [3.63, 3.8) is 0 Å². The SMILES string of the molecule is Nc1ccc(CC(=O)OC2=CC(=O)C=CC2=O)c(N)c1.Nc1ccc(N=Nc2ccc(N)cc2)cc1.O=C1CC2C3CC(C(=O)OC3=O)C2C(=O)O1. The molecule has 3 aromatic rings. The van der Waals surface area contributed by atoms with Crippen molar-refractivity contribution in [3.05, 3.63) is 96.3 Å². The van der Waals surface area contributed by atoms with Gasteiger partial charge in [0.25, 0.3) is 0 Å². The first-order chi connectivity index (χ1) is 24.8. The van der Waals surface area contributed by atoms with Gasteiger partial charge in [0, 0.05) is 28.8 Å². The summed E-state index contributed by atoms with van der Waals surface area (Å²) in [6.45, 7) is 0. The topological polar surface area (TPSA) is 276 Å². The first kappa shape index (κ1) is 36.3. The van der Waals surface area contributed by atoms with Crippen LogP contribution in [-0.2, 0) is 54.2 Å². The van der Waals surface area contributed by atoms with Gasteiger partial charge in [0.15, 0.2) is 11.5 Å². The highest BCUT2D eigenvalue weighted by Gasteiger charge is 2.60. The van der Waals surface area contributed by atoms with Gasteiger partial charge in [-0.05, 0) is 90.7 Å². The Bertz CT molecular complexity index is 1990. The number of nitrogens with two attached hydrogens (primary N) is 4. The molecular formula is C36H32N6O10. The van der Waals surface area contributed by atoms with Crippen molar-refractivity contribution < 1.29 is 47.8 Å². The van der Waals surface area contributed by atoms with E-state index >= 15 is 0 Å². The predicted octanol–water partition coefficient (Wildman–Crippen LogP) is 3.21. The lowest BCUT2D eigenvalue weighted by Gasteiger charge is -2.24. The third-order valence-electron chi connectivity index (χ3n) is 8.33. The fourth-order valence-electron chi connectivity index (χ4n) is 5.78. The van der Waals surface area contributed by atoms with Crippen LogP contribution in [0.15, 0.2) is 101 Å². The van der Waals surface area contributed by atoms with Crippen LogP contribution >= 0.6 is 0 Å². The van der Waals surface area contributed by atoms with Crippen LogP contribution in [0.4, 0.5) is 34.1 Å². The van der Waals surface area contributed by atoms with Crippen LogP contribution in [0.2, 0.25) is 0 Å². The number of ketones is 2. The summed E-state index contributed by atoms with van der Waals surface area (Å²) in [5.41, 5.74) is 26.7. The molecule has 8 N–H and O–H groups in total. The number of hydrogen-bond donors (Lipinski definition) is 4. The number of ether oxygens (including phenoxy) is 3. The quantitative estimate of drug-likeness (QED) is 0.0740. The van der Waals surface area contributed by atoms with Gasteiger partial charge in [-0.2, -0.15) is 10.2 Å². The number of benzene rings is 3. The summed E-state index contributed by atoms with van der Waals surface area (Å²) in [6, 6.07) is 19.2. The molecular weight excluding hydrogens is 676 g/mol. The second kappa shape index (κ2) is 15.7. The van der Waals surface area contributed by atoms with Crippen LogP contribution in [0.5, 0.6) is 0 Å².